The zero-order valence-electron chi connectivity index (χ0n) is 14.8. The molecule has 0 aliphatic carbocycles. The molecule has 1 saturated heterocycles. The van der Waals surface area contributed by atoms with Gasteiger partial charge in [-0.3, -0.25) is 19.4 Å². The summed E-state index contributed by atoms with van der Waals surface area (Å²) in [5.41, 5.74) is 1.32. The van der Waals surface area contributed by atoms with E-state index in [4.69, 9.17) is 17.0 Å². The van der Waals surface area contributed by atoms with Crippen LogP contribution in [0.15, 0.2) is 72.8 Å². The Morgan fingerprint density at radius 2 is 1.81 bits per heavy atom. The molecule has 0 saturated carbocycles. The Labute approximate surface area is 163 Å². The predicted octanol–water partition coefficient (Wildman–Crippen LogP) is 3.42. The maximum Gasteiger partial charge on any atom is 0.270 e. The summed E-state index contributed by atoms with van der Waals surface area (Å²) in [6.45, 7) is 3.89. The fourth-order valence-electron chi connectivity index (χ4n) is 2.77. The number of hydrogen-bond donors (Lipinski definition) is 0. The highest BCUT2D eigenvalue weighted by Crippen LogP contribution is 2.26. The third-order valence-electron chi connectivity index (χ3n) is 4.06. The van der Waals surface area contributed by atoms with Gasteiger partial charge in [0.15, 0.2) is 5.11 Å². The highest BCUT2D eigenvalue weighted by atomic mass is 32.1. The van der Waals surface area contributed by atoms with Crippen molar-refractivity contribution in [3.8, 4) is 5.75 Å². The number of anilines is 1. The summed E-state index contributed by atoms with van der Waals surface area (Å²) in [5.74, 6) is -0.266. The van der Waals surface area contributed by atoms with Gasteiger partial charge >= 0.3 is 0 Å². The van der Waals surface area contributed by atoms with Crippen LogP contribution in [0.5, 0.6) is 5.75 Å². The highest BCUT2D eigenvalue weighted by Gasteiger charge is 2.39. The van der Waals surface area contributed by atoms with E-state index in [1.54, 1.807) is 55.7 Å². The van der Waals surface area contributed by atoms with E-state index in [1.165, 1.54) is 9.80 Å². The molecule has 3 rings (SSSR count). The highest BCUT2D eigenvalue weighted by molar-refractivity contribution is 7.80. The third kappa shape index (κ3) is 3.66. The predicted molar refractivity (Wildman–Crippen MR) is 109 cm³/mol. The van der Waals surface area contributed by atoms with Crippen molar-refractivity contribution in [3.05, 3.63) is 78.4 Å². The summed E-state index contributed by atoms with van der Waals surface area (Å²) in [6, 6.07) is 16.2. The van der Waals surface area contributed by atoms with E-state index in [0.717, 1.165) is 0 Å². The number of para-hydroxylation sites is 1. The fourth-order valence-corrected chi connectivity index (χ4v) is 3.11. The molecule has 0 bridgehead atoms. The first-order chi connectivity index (χ1) is 13.1. The van der Waals surface area contributed by atoms with Crippen molar-refractivity contribution in [2.24, 2.45) is 0 Å². The molecule has 1 aliphatic heterocycles. The van der Waals surface area contributed by atoms with Crippen LogP contribution in [0.1, 0.15) is 5.56 Å². The molecular formula is C21H18N2O3S. The Hall–Kier alpha value is -3.25. The Morgan fingerprint density at radius 1 is 1.07 bits per heavy atom. The van der Waals surface area contributed by atoms with Gasteiger partial charge in [0.1, 0.15) is 11.3 Å². The van der Waals surface area contributed by atoms with Gasteiger partial charge in [0.25, 0.3) is 11.8 Å². The Kier molecular flexibility index (Phi) is 5.47. The van der Waals surface area contributed by atoms with E-state index in [0.29, 0.717) is 17.0 Å². The van der Waals surface area contributed by atoms with E-state index in [9.17, 15) is 9.59 Å². The van der Waals surface area contributed by atoms with Crippen LogP contribution in [-0.4, -0.2) is 35.5 Å². The minimum Gasteiger partial charge on any atom is -0.497 e. The number of methoxy groups -OCH3 is 1. The molecule has 0 N–H and O–H groups in total. The number of ether oxygens (including phenoxy) is 1. The molecular weight excluding hydrogens is 360 g/mol. The fraction of sp³-hybridized carbons (Fsp3) is 0.0952. The molecule has 136 valence electrons. The molecule has 1 aliphatic rings. The molecule has 2 aromatic rings. The van der Waals surface area contributed by atoms with Crippen LogP contribution in [0, 0.1) is 0 Å². The zero-order valence-corrected chi connectivity index (χ0v) is 15.6. The molecule has 0 spiro atoms. The maximum atomic E-state index is 13.1. The first-order valence-electron chi connectivity index (χ1n) is 8.28. The van der Waals surface area contributed by atoms with Gasteiger partial charge in [0, 0.05) is 6.54 Å². The summed E-state index contributed by atoms with van der Waals surface area (Å²) < 4.78 is 5.21. The minimum atomic E-state index is -0.459. The normalized spacial score (nSPS) is 16.0. The number of benzene rings is 2. The smallest absolute Gasteiger partial charge is 0.270 e. The number of carbonyl (C=O) groups excluding carboxylic acids is 2. The van der Waals surface area contributed by atoms with Crippen LogP contribution in [0.3, 0.4) is 0 Å². The van der Waals surface area contributed by atoms with Crippen LogP contribution in [0.2, 0.25) is 0 Å². The van der Waals surface area contributed by atoms with Gasteiger partial charge in [-0.25, -0.2) is 0 Å². The second-order valence-electron chi connectivity index (χ2n) is 5.80. The van der Waals surface area contributed by atoms with Crippen molar-refractivity contribution in [2.45, 2.75) is 0 Å². The standard InChI is InChI=1S/C21H18N2O3S/c1-3-12-22-19(24)18(14-15-8-7-11-17(13-15)26-2)20(25)23(21(22)27)16-9-5-4-6-10-16/h3-11,13-14H,1,12H2,2H3/b18-14+. The van der Waals surface area contributed by atoms with E-state index < -0.39 is 11.8 Å². The van der Waals surface area contributed by atoms with Gasteiger partial charge in [-0.05, 0) is 48.1 Å². The lowest BCUT2D eigenvalue weighted by molar-refractivity contribution is -0.127. The Morgan fingerprint density at radius 3 is 2.48 bits per heavy atom. The average molecular weight is 378 g/mol. The summed E-state index contributed by atoms with van der Waals surface area (Å²) in [5, 5.41) is 0.138. The molecule has 2 aromatic carbocycles. The lowest BCUT2D eigenvalue weighted by atomic mass is 10.1. The summed E-state index contributed by atoms with van der Waals surface area (Å²) in [4.78, 5) is 28.8. The molecule has 0 aromatic heterocycles. The molecule has 6 heteroatoms. The third-order valence-corrected chi connectivity index (χ3v) is 4.47. The van der Waals surface area contributed by atoms with Gasteiger partial charge in [-0.2, -0.15) is 0 Å². The Bertz CT molecular complexity index is 937. The second-order valence-corrected chi connectivity index (χ2v) is 6.16. The molecule has 0 atom stereocenters. The molecule has 0 radical (unpaired) electrons. The molecule has 2 amide bonds. The van der Waals surface area contributed by atoms with Crippen LogP contribution in [-0.2, 0) is 9.59 Å². The maximum absolute atomic E-state index is 13.1. The quantitative estimate of drug-likeness (QED) is 0.346. The van der Waals surface area contributed by atoms with E-state index in [2.05, 4.69) is 6.58 Å². The van der Waals surface area contributed by atoms with Crippen LogP contribution < -0.4 is 9.64 Å². The zero-order chi connectivity index (χ0) is 19.4. The molecule has 0 unspecified atom stereocenters. The van der Waals surface area contributed by atoms with Crippen molar-refractivity contribution in [2.75, 3.05) is 18.6 Å². The summed E-state index contributed by atoms with van der Waals surface area (Å²) in [6.07, 6.45) is 3.13. The second kappa shape index (κ2) is 7.97. The van der Waals surface area contributed by atoms with E-state index >= 15 is 0 Å². The van der Waals surface area contributed by atoms with E-state index in [-0.39, 0.29) is 17.2 Å². The Balaban J connectivity index is 2.09. The molecule has 5 nitrogen and oxygen atoms in total. The lowest BCUT2D eigenvalue weighted by Crippen LogP contribution is -2.56. The molecule has 1 heterocycles. The summed E-state index contributed by atoms with van der Waals surface area (Å²) >= 11 is 5.42. The van der Waals surface area contributed by atoms with Gasteiger partial charge in [-0.15, -0.1) is 6.58 Å². The number of rotatable bonds is 5. The minimum absolute atomic E-state index is 0.0301. The topological polar surface area (TPSA) is 49.9 Å². The average Bonchev–Trinajstić information content (AvgIpc) is 2.69. The number of hydrogen-bond acceptors (Lipinski definition) is 4. The molecule has 1 fully saturated rings. The SMILES string of the molecule is C=CCN1C(=O)/C(=C\c2cccc(OC)c2)C(=O)N(c2ccccc2)C1=S. The van der Waals surface area contributed by atoms with Crippen LogP contribution >= 0.6 is 12.2 Å². The van der Waals surface area contributed by atoms with Gasteiger partial charge in [0.2, 0.25) is 0 Å². The van der Waals surface area contributed by atoms with Crippen molar-refractivity contribution in [1.29, 1.82) is 0 Å². The van der Waals surface area contributed by atoms with E-state index in [1.807, 2.05) is 18.2 Å². The van der Waals surface area contributed by atoms with Crippen molar-refractivity contribution in [1.82, 2.24) is 4.90 Å². The van der Waals surface area contributed by atoms with Crippen molar-refractivity contribution < 1.29 is 14.3 Å². The number of carbonyl (C=O) groups is 2. The van der Waals surface area contributed by atoms with Gasteiger partial charge in [0.05, 0.1) is 12.8 Å². The number of thiocarbonyl (C=S) groups is 1. The first-order valence-corrected chi connectivity index (χ1v) is 8.69. The molecule has 27 heavy (non-hydrogen) atoms. The van der Waals surface area contributed by atoms with Crippen LogP contribution in [0.4, 0.5) is 5.69 Å². The largest absolute Gasteiger partial charge is 0.497 e. The van der Waals surface area contributed by atoms with Gasteiger partial charge < -0.3 is 4.74 Å². The lowest BCUT2D eigenvalue weighted by Gasteiger charge is -2.36. The van der Waals surface area contributed by atoms with Crippen LogP contribution in [0.25, 0.3) is 6.08 Å². The monoisotopic (exact) mass is 378 g/mol. The number of nitrogens with zero attached hydrogens (tertiary/aromatic N) is 2. The van der Waals surface area contributed by atoms with Crippen molar-refractivity contribution >= 4 is 40.9 Å². The first kappa shape index (κ1) is 18.5. The number of amides is 2. The van der Waals surface area contributed by atoms with Crippen molar-refractivity contribution in [3.63, 3.8) is 0 Å². The van der Waals surface area contributed by atoms with Gasteiger partial charge in [-0.1, -0.05) is 36.4 Å². The summed E-state index contributed by atoms with van der Waals surface area (Å²) in [7, 11) is 1.56.